The molecule has 14 heteroatoms. The summed E-state index contributed by atoms with van der Waals surface area (Å²) in [6, 6.07) is 8.78. The smallest absolute Gasteiger partial charge is 0.471 e. The first-order valence-corrected chi connectivity index (χ1v) is 12.7. The minimum absolute atomic E-state index is 0. The zero-order chi connectivity index (χ0) is 26.7. The second-order valence-electron chi connectivity index (χ2n) is 8.10. The van der Waals surface area contributed by atoms with Gasteiger partial charge in [-0.3, -0.25) is 18.9 Å². The monoisotopic (exact) mass is 548 g/mol. The minimum atomic E-state index is -4.85. The molecule has 1 aromatic carbocycles. The summed E-state index contributed by atoms with van der Waals surface area (Å²) in [6.07, 6.45) is 2.55. The van der Waals surface area contributed by atoms with Crippen molar-refractivity contribution in [1.29, 1.82) is 0 Å². The highest BCUT2D eigenvalue weighted by Gasteiger charge is 2.32. The highest BCUT2D eigenvalue weighted by atomic mass is 31.2. The van der Waals surface area contributed by atoms with Crippen molar-refractivity contribution in [2.45, 2.75) is 14.2 Å². The topological polar surface area (TPSA) is 161 Å². The van der Waals surface area contributed by atoms with Crippen molar-refractivity contribution in [3.8, 4) is 11.6 Å². The van der Waals surface area contributed by atoms with E-state index in [1.165, 1.54) is 36.1 Å². The fourth-order valence-corrected chi connectivity index (χ4v) is 4.40. The molecule has 13 nitrogen and oxygen atoms in total. The molecule has 0 radical (unpaired) electrons. The van der Waals surface area contributed by atoms with Gasteiger partial charge in [0.2, 0.25) is 5.88 Å². The molecule has 204 valence electrons. The van der Waals surface area contributed by atoms with Gasteiger partial charge in [-0.25, -0.2) is 9.55 Å². The standard InChI is InChI=1S/C23H25N4O9P.CH4/c1-34-17-12-24-21(35-2)19-18(17)16(13-27(19)14-36-37(31,32)33)20(28)23(30)26-10-8-25(9-11-26)22(29)15-6-4-3-5-7-15;/h3-7,12-13H,8-11,14H2,1-2H3,(H2,31,32,33);1H4. The van der Waals surface area contributed by atoms with Gasteiger partial charge in [0.25, 0.3) is 17.6 Å². The molecule has 38 heavy (non-hydrogen) atoms. The van der Waals surface area contributed by atoms with E-state index in [-0.39, 0.29) is 67.6 Å². The van der Waals surface area contributed by atoms with Crippen molar-refractivity contribution in [3.05, 3.63) is 53.9 Å². The van der Waals surface area contributed by atoms with Crippen LogP contribution < -0.4 is 9.47 Å². The van der Waals surface area contributed by atoms with E-state index in [9.17, 15) is 18.9 Å². The molecule has 1 aliphatic heterocycles. The molecule has 0 bridgehead atoms. The second kappa shape index (κ2) is 11.7. The van der Waals surface area contributed by atoms with E-state index in [0.29, 0.717) is 5.56 Å². The zero-order valence-electron chi connectivity index (χ0n) is 20.1. The lowest BCUT2D eigenvalue weighted by Crippen LogP contribution is -2.52. The number of ketones is 1. The Labute approximate surface area is 218 Å². The van der Waals surface area contributed by atoms with Gasteiger partial charge in [-0.05, 0) is 12.1 Å². The van der Waals surface area contributed by atoms with Crippen LogP contribution in [-0.4, -0.2) is 87.1 Å². The molecule has 2 aromatic heterocycles. The van der Waals surface area contributed by atoms with E-state index < -0.39 is 26.2 Å². The molecular weight excluding hydrogens is 519 g/mol. The first-order valence-electron chi connectivity index (χ1n) is 11.1. The fraction of sp³-hybridized carbons (Fsp3) is 0.333. The van der Waals surface area contributed by atoms with Crippen LogP contribution in [0.5, 0.6) is 11.6 Å². The molecule has 0 saturated carbocycles. The number of ether oxygens (including phenoxy) is 2. The normalized spacial score (nSPS) is 13.7. The number of pyridine rings is 1. The molecule has 2 amide bonds. The van der Waals surface area contributed by atoms with Gasteiger partial charge in [0.15, 0.2) is 0 Å². The van der Waals surface area contributed by atoms with Crippen molar-refractivity contribution < 1.29 is 42.7 Å². The number of amides is 2. The molecule has 0 aliphatic carbocycles. The number of methoxy groups -OCH3 is 2. The Bertz CT molecular complexity index is 1380. The van der Waals surface area contributed by atoms with Crippen LogP contribution in [0.25, 0.3) is 10.9 Å². The number of phosphoric acid groups is 1. The maximum atomic E-state index is 13.4. The zero-order valence-corrected chi connectivity index (χ0v) is 21.0. The summed E-state index contributed by atoms with van der Waals surface area (Å²) in [4.78, 5) is 64.6. The van der Waals surface area contributed by atoms with Crippen LogP contribution >= 0.6 is 7.82 Å². The Hall–Kier alpha value is -3.77. The number of rotatable bonds is 8. The quantitative estimate of drug-likeness (QED) is 0.242. The number of Topliss-reactive ketones (excluding diaryl/α,β-unsaturated/α-hetero) is 1. The number of hydrogen-bond acceptors (Lipinski definition) is 8. The van der Waals surface area contributed by atoms with Crippen LogP contribution in [0.2, 0.25) is 0 Å². The van der Waals surface area contributed by atoms with Gasteiger partial charge in [-0.1, -0.05) is 25.6 Å². The van der Waals surface area contributed by atoms with E-state index in [1.54, 1.807) is 29.2 Å². The fourth-order valence-electron chi connectivity index (χ4n) is 4.13. The molecular formula is C24H29N4O9P. The lowest BCUT2D eigenvalue weighted by atomic mass is 10.1. The number of hydrogen-bond donors (Lipinski definition) is 2. The van der Waals surface area contributed by atoms with Crippen LogP contribution in [-0.2, 0) is 20.6 Å². The molecule has 0 atom stereocenters. The SMILES string of the molecule is C.COc1cnc(OC)c2c1c(C(=O)C(=O)N1CCN(C(=O)c3ccccc3)CC1)cn2COP(=O)(O)O. The minimum Gasteiger partial charge on any atom is -0.494 e. The average molecular weight is 548 g/mol. The molecule has 4 rings (SSSR count). The van der Waals surface area contributed by atoms with Crippen LogP contribution in [0.3, 0.4) is 0 Å². The van der Waals surface area contributed by atoms with Crippen molar-refractivity contribution >= 4 is 36.3 Å². The van der Waals surface area contributed by atoms with E-state index in [2.05, 4.69) is 9.51 Å². The summed E-state index contributed by atoms with van der Waals surface area (Å²) in [5.74, 6) is -1.63. The van der Waals surface area contributed by atoms with Gasteiger partial charge in [-0.2, -0.15) is 0 Å². The Morgan fingerprint density at radius 3 is 2.21 bits per heavy atom. The Kier molecular flexibility index (Phi) is 8.89. The summed E-state index contributed by atoms with van der Waals surface area (Å²) < 4.78 is 27.7. The molecule has 3 heterocycles. The predicted molar refractivity (Wildman–Crippen MR) is 136 cm³/mol. The maximum absolute atomic E-state index is 13.4. The van der Waals surface area contributed by atoms with Gasteiger partial charge in [0, 0.05) is 37.9 Å². The maximum Gasteiger partial charge on any atom is 0.471 e. The Morgan fingerprint density at radius 1 is 1.00 bits per heavy atom. The summed E-state index contributed by atoms with van der Waals surface area (Å²) in [5, 5.41) is 0.180. The number of nitrogens with zero attached hydrogens (tertiary/aromatic N) is 4. The van der Waals surface area contributed by atoms with E-state index in [4.69, 9.17) is 19.3 Å². The molecule has 3 aromatic rings. The molecule has 1 aliphatic rings. The average Bonchev–Trinajstić information content (AvgIpc) is 3.30. The van der Waals surface area contributed by atoms with Gasteiger partial charge < -0.3 is 33.6 Å². The van der Waals surface area contributed by atoms with E-state index >= 15 is 0 Å². The number of carbonyl (C=O) groups is 3. The van der Waals surface area contributed by atoms with Crippen molar-refractivity contribution in [2.24, 2.45) is 0 Å². The summed E-state index contributed by atoms with van der Waals surface area (Å²) in [5.41, 5.74) is 0.623. The third kappa shape index (κ3) is 5.86. The summed E-state index contributed by atoms with van der Waals surface area (Å²) >= 11 is 0. The van der Waals surface area contributed by atoms with Crippen molar-refractivity contribution in [3.63, 3.8) is 0 Å². The number of fused-ring (bicyclic) bond motifs is 1. The second-order valence-corrected chi connectivity index (χ2v) is 9.34. The Morgan fingerprint density at radius 2 is 1.63 bits per heavy atom. The van der Waals surface area contributed by atoms with Crippen molar-refractivity contribution in [2.75, 3.05) is 40.4 Å². The highest BCUT2D eigenvalue weighted by Crippen LogP contribution is 2.39. The Balaban J connectivity index is 0.00000400. The van der Waals surface area contributed by atoms with Gasteiger partial charge >= 0.3 is 7.82 Å². The molecule has 1 saturated heterocycles. The first-order chi connectivity index (χ1) is 17.6. The van der Waals surface area contributed by atoms with Gasteiger partial charge in [0.05, 0.1) is 31.4 Å². The molecule has 0 spiro atoms. The molecule has 1 fully saturated rings. The van der Waals surface area contributed by atoms with E-state index in [0.717, 1.165) is 0 Å². The first kappa shape index (κ1) is 28.8. The van der Waals surface area contributed by atoms with Gasteiger partial charge in [-0.15, -0.1) is 0 Å². The summed E-state index contributed by atoms with van der Waals surface area (Å²) in [6.45, 7) is 0.182. The van der Waals surface area contributed by atoms with Crippen molar-refractivity contribution in [1.82, 2.24) is 19.4 Å². The summed E-state index contributed by atoms with van der Waals surface area (Å²) in [7, 11) is -2.16. The predicted octanol–water partition coefficient (Wildman–Crippen LogP) is 1.92. The van der Waals surface area contributed by atoms with E-state index in [1.807, 2.05) is 6.07 Å². The number of benzene rings is 1. The highest BCUT2D eigenvalue weighted by molar-refractivity contribution is 7.46. The van der Waals surface area contributed by atoms with Crippen LogP contribution in [0.4, 0.5) is 0 Å². The third-order valence-corrected chi connectivity index (χ3v) is 6.37. The number of phosphoric ester groups is 1. The van der Waals surface area contributed by atoms with Crippen LogP contribution in [0, 0.1) is 0 Å². The van der Waals surface area contributed by atoms with Crippen LogP contribution in [0.1, 0.15) is 28.1 Å². The van der Waals surface area contributed by atoms with Crippen LogP contribution in [0.15, 0.2) is 42.7 Å². The lowest BCUT2D eigenvalue weighted by Gasteiger charge is -2.34. The molecule has 0 unspecified atom stereocenters. The molecule has 2 N–H and O–H groups in total. The third-order valence-electron chi connectivity index (χ3n) is 5.92. The van der Waals surface area contributed by atoms with Gasteiger partial charge in [0.1, 0.15) is 18.0 Å². The number of carbonyl (C=O) groups excluding carboxylic acids is 3. The number of piperazine rings is 1. The lowest BCUT2D eigenvalue weighted by molar-refractivity contribution is -0.127. The number of aromatic nitrogens is 2. The largest absolute Gasteiger partial charge is 0.494 e.